The standard InChI is InChI=1S/C9H19NO2Si/c1-4-9(3)10-7-6-8-13-12-11-5-2/h4,10H,5-8H2,1-3H3/b9-4+. The van der Waals surface area contributed by atoms with Crippen molar-refractivity contribution < 1.29 is 9.46 Å². The molecule has 2 radical (unpaired) electrons. The van der Waals surface area contributed by atoms with Crippen LogP contribution in [0.25, 0.3) is 0 Å². The largest absolute Gasteiger partial charge is 0.389 e. The summed E-state index contributed by atoms with van der Waals surface area (Å²) in [6.07, 6.45) is 3.19. The molecule has 4 heteroatoms. The third-order valence-corrected chi connectivity index (χ3v) is 2.32. The van der Waals surface area contributed by atoms with Crippen molar-refractivity contribution in [3.8, 4) is 0 Å². The molecular weight excluding hydrogens is 182 g/mol. The lowest BCUT2D eigenvalue weighted by Crippen LogP contribution is -2.13. The third kappa shape index (κ3) is 9.59. The number of hydrogen-bond donors (Lipinski definition) is 1. The average molecular weight is 201 g/mol. The molecule has 0 amide bonds. The summed E-state index contributed by atoms with van der Waals surface area (Å²) >= 11 is 0. The van der Waals surface area contributed by atoms with E-state index in [9.17, 15) is 0 Å². The van der Waals surface area contributed by atoms with Crippen LogP contribution in [0.3, 0.4) is 0 Å². The minimum atomic E-state index is 0.461. The zero-order valence-corrected chi connectivity index (χ0v) is 9.72. The smallest absolute Gasteiger partial charge is 0.282 e. The van der Waals surface area contributed by atoms with Crippen molar-refractivity contribution in [2.75, 3.05) is 13.2 Å². The van der Waals surface area contributed by atoms with E-state index in [0.29, 0.717) is 16.4 Å². The first-order chi connectivity index (χ1) is 6.31. The van der Waals surface area contributed by atoms with Crippen molar-refractivity contribution in [3.05, 3.63) is 11.8 Å². The molecule has 1 N–H and O–H groups in total. The Morgan fingerprint density at radius 2 is 2.31 bits per heavy atom. The summed E-state index contributed by atoms with van der Waals surface area (Å²) in [7, 11) is 0.461. The Bertz CT molecular complexity index is 140. The fourth-order valence-corrected chi connectivity index (χ4v) is 1.30. The lowest BCUT2D eigenvalue weighted by Gasteiger charge is -2.04. The molecule has 13 heavy (non-hydrogen) atoms. The van der Waals surface area contributed by atoms with Gasteiger partial charge in [-0.05, 0) is 33.2 Å². The quantitative estimate of drug-likeness (QED) is 0.281. The molecular formula is C9H19NO2Si. The molecule has 0 aromatic rings. The van der Waals surface area contributed by atoms with E-state index in [0.717, 1.165) is 19.0 Å². The molecule has 0 rings (SSSR count). The number of allylic oxidation sites excluding steroid dienone is 2. The lowest BCUT2D eigenvalue weighted by atomic mass is 10.4. The summed E-state index contributed by atoms with van der Waals surface area (Å²) in [6, 6.07) is 1.06. The second-order valence-corrected chi connectivity index (χ2v) is 3.59. The Morgan fingerprint density at radius 1 is 1.54 bits per heavy atom. The molecule has 0 aliphatic rings. The van der Waals surface area contributed by atoms with E-state index in [4.69, 9.17) is 9.46 Å². The summed E-state index contributed by atoms with van der Waals surface area (Å²) in [5.41, 5.74) is 1.23. The maximum atomic E-state index is 4.90. The minimum absolute atomic E-state index is 0.461. The second kappa shape index (κ2) is 9.76. The molecule has 0 spiro atoms. The molecule has 0 aliphatic heterocycles. The Kier molecular flexibility index (Phi) is 9.52. The van der Waals surface area contributed by atoms with E-state index in [1.54, 1.807) is 0 Å². The van der Waals surface area contributed by atoms with Crippen LogP contribution in [0.5, 0.6) is 0 Å². The zero-order chi connectivity index (χ0) is 9.94. The Balaban J connectivity index is 3.00. The van der Waals surface area contributed by atoms with Gasteiger partial charge in [0, 0.05) is 12.2 Å². The molecule has 0 saturated carbocycles. The normalized spacial score (nSPS) is 11.8. The number of hydrogen-bond acceptors (Lipinski definition) is 3. The van der Waals surface area contributed by atoms with Crippen molar-refractivity contribution in [1.82, 2.24) is 5.32 Å². The molecule has 0 aliphatic carbocycles. The van der Waals surface area contributed by atoms with Gasteiger partial charge in [0.1, 0.15) is 0 Å². The van der Waals surface area contributed by atoms with E-state index in [1.807, 2.05) is 13.8 Å². The van der Waals surface area contributed by atoms with Gasteiger partial charge in [0.2, 0.25) is 0 Å². The maximum absolute atomic E-state index is 4.90. The van der Waals surface area contributed by atoms with Gasteiger partial charge in [0.25, 0.3) is 9.76 Å². The molecule has 3 nitrogen and oxygen atoms in total. The van der Waals surface area contributed by atoms with Crippen LogP contribution in [0, 0.1) is 0 Å². The van der Waals surface area contributed by atoms with Crippen molar-refractivity contribution in [2.45, 2.75) is 33.2 Å². The first-order valence-electron chi connectivity index (χ1n) is 4.69. The Morgan fingerprint density at radius 3 is 2.92 bits per heavy atom. The molecule has 0 aromatic heterocycles. The van der Waals surface area contributed by atoms with Crippen LogP contribution in [0.2, 0.25) is 6.04 Å². The van der Waals surface area contributed by atoms with Crippen molar-refractivity contribution in [1.29, 1.82) is 0 Å². The maximum Gasteiger partial charge on any atom is 0.282 e. The van der Waals surface area contributed by atoms with E-state index >= 15 is 0 Å². The Hall–Kier alpha value is -0.323. The summed E-state index contributed by atoms with van der Waals surface area (Å²) in [5, 5.41) is 3.29. The molecule has 0 unspecified atom stereocenters. The van der Waals surface area contributed by atoms with Gasteiger partial charge in [-0.3, -0.25) is 4.58 Å². The first-order valence-corrected chi connectivity index (χ1v) is 5.81. The Labute approximate surface area is 83.4 Å². The zero-order valence-electron chi connectivity index (χ0n) is 8.72. The van der Waals surface area contributed by atoms with Crippen LogP contribution in [0.15, 0.2) is 11.8 Å². The van der Waals surface area contributed by atoms with Gasteiger partial charge in [-0.2, -0.15) is 0 Å². The van der Waals surface area contributed by atoms with E-state index in [2.05, 4.69) is 18.3 Å². The highest BCUT2D eigenvalue weighted by molar-refractivity contribution is 6.26. The lowest BCUT2D eigenvalue weighted by molar-refractivity contribution is -0.203. The summed E-state index contributed by atoms with van der Waals surface area (Å²) in [5.74, 6) is 0. The number of rotatable bonds is 8. The van der Waals surface area contributed by atoms with Gasteiger partial charge in [0.15, 0.2) is 0 Å². The highest BCUT2D eigenvalue weighted by Gasteiger charge is 1.92. The first kappa shape index (κ1) is 12.7. The van der Waals surface area contributed by atoms with Crippen molar-refractivity contribution in [3.63, 3.8) is 0 Å². The van der Waals surface area contributed by atoms with Crippen molar-refractivity contribution in [2.24, 2.45) is 0 Å². The summed E-state index contributed by atoms with van der Waals surface area (Å²) in [4.78, 5) is 4.76. The topological polar surface area (TPSA) is 30.5 Å². The van der Waals surface area contributed by atoms with Gasteiger partial charge in [-0.1, -0.05) is 6.08 Å². The van der Waals surface area contributed by atoms with Gasteiger partial charge in [0.05, 0.1) is 6.61 Å². The predicted octanol–water partition coefficient (Wildman–Crippen LogP) is 1.90. The highest BCUT2D eigenvalue weighted by Crippen LogP contribution is 1.91. The minimum Gasteiger partial charge on any atom is -0.389 e. The molecule has 0 saturated heterocycles. The predicted molar refractivity (Wildman–Crippen MR) is 55.3 cm³/mol. The highest BCUT2D eigenvalue weighted by atomic mass is 28.2. The fraction of sp³-hybridized carbons (Fsp3) is 0.778. The summed E-state index contributed by atoms with van der Waals surface area (Å²) < 4.78 is 4.90. The van der Waals surface area contributed by atoms with E-state index < -0.39 is 0 Å². The van der Waals surface area contributed by atoms with Crippen LogP contribution in [-0.2, 0) is 9.46 Å². The number of nitrogens with one attached hydrogen (secondary N) is 1. The SMILES string of the molecule is C/C=C(\C)NCCC[Si]OOCC. The van der Waals surface area contributed by atoms with Gasteiger partial charge in [-0.15, -0.1) is 0 Å². The van der Waals surface area contributed by atoms with E-state index in [-0.39, 0.29) is 0 Å². The molecule has 0 bridgehead atoms. The van der Waals surface area contributed by atoms with Crippen molar-refractivity contribution >= 4 is 9.76 Å². The van der Waals surface area contributed by atoms with E-state index in [1.165, 1.54) is 5.70 Å². The van der Waals surface area contributed by atoms with Crippen LogP contribution < -0.4 is 5.32 Å². The van der Waals surface area contributed by atoms with Gasteiger partial charge >= 0.3 is 0 Å². The third-order valence-electron chi connectivity index (χ3n) is 1.53. The fourth-order valence-electron chi connectivity index (χ4n) is 0.690. The van der Waals surface area contributed by atoms with Crippen LogP contribution in [0.4, 0.5) is 0 Å². The summed E-state index contributed by atoms with van der Waals surface area (Å²) in [6.45, 7) is 7.66. The van der Waals surface area contributed by atoms with Gasteiger partial charge < -0.3 is 5.32 Å². The molecule has 0 atom stereocenters. The van der Waals surface area contributed by atoms with Gasteiger partial charge in [-0.25, -0.2) is 4.89 Å². The second-order valence-electron chi connectivity index (χ2n) is 2.64. The monoisotopic (exact) mass is 201 g/mol. The molecule has 0 aromatic carbocycles. The molecule has 0 fully saturated rings. The average Bonchev–Trinajstić information content (AvgIpc) is 2.16. The van der Waals surface area contributed by atoms with Crippen LogP contribution in [0.1, 0.15) is 27.2 Å². The molecule has 0 heterocycles. The van der Waals surface area contributed by atoms with Crippen LogP contribution in [-0.4, -0.2) is 22.9 Å². The van der Waals surface area contributed by atoms with Crippen LogP contribution >= 0.6 is 0 Å². The molecule has 76 valence electrons.